The minimum atomic E-state index is 0.887. The van der Waals surface area contributed by atoms with Crippen molar-refractivity contribution < 1.29 is 0 Å². The van der Waals surface area contributed by atoms with E-state index < -0.39 is 0 Å². The second kappa shape index (κ2) is 2.26. The average molecular weight is 154 g/mol. The molecule has 0 aliphatic carbocycles. The maximum atomic E-state index is 5.81. The molecule has 0 saturated heterocycles. The van der Waals surface area contributed by atoms with Gasteiger partial charge in [0.05, 0.1) is 0 Å². The molecular formula is C8H8ClN. The van der Waals surface area contributed by atoms with Gasteiger partial charge in [0.1, 0.15) is 0 Å². The lowest BCUT2D eigenvalue weighted by Gasteiger charge is -1.98. The molecule has 0 saturated carbocycles. The predicted molar refractivity (Wildman–Crippen MR) is 41.5 cm³/mol. The fourth-order valence-electron chi connectivity index (χ4n) is 1.29. The van der Waals surface area contributed by atoms with Gasteiger partial charge < -0.3 is 0 Å². The third kappa shape index (κ3) is 0.917. The van der Waals surface area contributed by atoms with Crippen molar-refractivity contribution >= 4 is 11.8 Å². The Morgan fingerprint density at radius 3 is 2.10 bits per heavy atom. The van der Waals surface area contributed by atoms with Gasteiger partial charge in [-0.3, -0.25) is 0 Å². The Morgan fingerprint density at radius 1 is 1.10 bits per heavy atom. The number of fused-ring (bicyclic) bond motifs is 1. The van der Waals surface area contributed by atoms with Gasteiger partial charge in [-0.05, 0) is 22.9 Å². The summed E-state index contributed by atoms with van der Waals surface area (Å²) in [6.45, 7) is 1.77. The Labute approximate surface area is 65.3 Å². The Bertz CT molecular complexity index is 222. The van der Waals surface area contributed by atoms with Gasteiger partial charge in [-0.1, -0.05) is 24.3 Å². The van der Waals surface area contributed by atoms with Gasteiger partial charge in [0, 0.05) is 13.1 Å². The van der Waals surface area contributed by atoms with Gasteiger partial charge in [-0.25, -0.2) is 4.42 Å². The van der Waals surface area contributed by atoms with E-state index in [4.69, 9.17) is 11.8 Å². The third-order valence-corrected chi connectivity index (χ3v) is 2.04. The monoisotopic (exact) mass is 153 g/mol. The van der Waals surface area contributed by atoms with Crippen molar-refractivity contribution in [2.75, 3.05) is 0 Å². The Hall–Kier alpha value is -0.530. The first-order chi connectivity index (χ1) is 4.86. The highest BCUT2D eigenvalue weighted by Crippen LogP contribution is 2.22. The summed E-state index contributed by atoms with van der Waals surface area (Å²) in [5.74, 6) is 0. The highest BCUT2D eigenvalue weighted by Gasteiger charge is 2.14. The Morgan fingerprint density at radius 2 is 1.60 bits per heavy atom. The summed E-state index contributed by atoms with van der Waals surface area (Å²) in [4.78, 5) is 0. The number of nitrogens with zero attached hydrogens (tertiary/aromatic N) is 1. The van der Waals surface area contributed by atoms with Gasteiger partial charge in [0.2, 0.25) is 0 Å². The summed E-state index contributed by atoms with van der Waals surface area (Å²) in [6, 6.07) is 8.35. The van der Waals surface area contributed by atoms with Crippen molar-refractivity contribution in [2.45, 2.75) is 13.1 Å². The number of rotatable bonds is 0. The first-order valence-corrected chi connectivity index (χ1v) is 3.67. The van der Waals surface area contributed by atoms with Crippen molar-refractivity contribution in [1.82, 2.24) is 4.42 Å². The fourth-order valence-corrected chi connectivity index (χ4v) is 1.55. The summed E-state index contributed by atoms with van der Waals surface area (Å²) in [5, 5.41) is 0. The normalized spacial score (nSPS) is 17.3. The second-order valence-electron chi connectivity index (χ2n) is 2.55. The molecule has 52 valence electrons. The van der Waals surface area contributed by atoms with E-state index in [0.29, 0.717) is 0 Å². The van der Waals surface area contributed by atoms with Crippen LogP contribution in [0, 0.1) is 0 Å². The standard InChI is InChI=1S/C8H8ClN/c9-10-5-7-3-1-2-4-8(7)6-10/h1-4H,5-6H2. The molecule has 1 aliphatic rings. The van der Waals surface area contributed by atoms with Crippen molar-refractivity contribution in [3.05, 3.63) is 35.4 Å². The molecule has 1 aromatic rings. The van der Waals surface area contributed by atoms with Crippen molar-refractivity contribution in [3.8, 4) is 0 Å². The van der Waals surface area contributed by atoms with Crippen LogP contribution in [-0.2, 0) is 13.1 Å². The van der Waals surface area contributed by atoms with Crippen LogP contribution in [-0.4, -0.2) is 4.42 Å². The minimum absolute atomic E-state index is 0.887. The maximum Gasteiger partial charge on any atom is 0.0396 e. The van der Waals surface area contributed by atoms with Gasteiger partial charge in [0.15, 0.2) is 0 Å². The van der Waals surface area contributed by atoms with Crippen LogP contribution in [0.4, 0.5) is 0 Å². The summed E-state index contributed by atoms with van der Waals surface area (Å²) < 4.78 is 1.80. The maximum absolute atomic E-state index is 5.81. The molecule has 10 heavy (non-hydrogen) atoms. The molecule has 0 atom stereocenters. The SMILES string of the molecule is ClN1Cc2ccccc2C1. The molecule has 2 heteroatoms. The number of benzene rings is 1. The van der Waals surface area contributed by atoms with E-state index in [2.05, 4.69) is 24.3 Å². The average Bonchev–Trinajstić information content (AvgIpc) is 2.27. The predicted octanol–water partition coefficient (Wildman–Crippen LogP) is 2.16. The molecular weight excluding hydrogens is 146 g/mol. The van der Waals surface area contributed by atoms with Crippen LogP contribution in [0.15, 0.2) is 24.3 Å². The number of halogens is 1. The zero-order valence-corrected chi connectivity index (χ0v) is 6.30. The van der Waals surface area contributed by atoms with Crippen LogP contribution in [0.5, 0.6) is 0 Å². The van der Waals surface area contributed by atoms with E-state index in [1.54, 1.807) is 4.42 Å². The smallest absolute Gasteiger partial charge is 0.0396 e. The van der Waals surface area contributed by atoms with E-state index in [9.17, 15) is 0 Å². The summed E-state index contributed by atoms with van der Waals surface area (Å²) >= 11 is 5.81. The topological polar surface area (TPSA) is 3.24 Å². The highest BCUT2D eigenvalue weighted by atomic mass is 35.5. The van der Waals surface area contributed by atoms with E-state index in [1.807, 2.05) is 0 Å². The molecule has 0 fully saturated rings. The zero-order valence-electron chi connectivity index (χ0n) is 5.55. The highest BCUT2D eigenvalue weighted by molar-refractivity contribution is 6.13. The third-order valence-electron chi connectivity index (χ3n) is 1.80. The molecule has 0 unspecified atom stereocenters. The molecule has 0 bridgehead atoms. The quantitative estimate of drug-likeness (QED) is 0.517. The first-order valence-electron chi connectivity index (χ1n) is 3.34. The fraction of sp³-hybridized carbons (Fsp3) is 0.250. The molecule has 0 spiro atoms. The molecule has 1 aliphatic heterocycles. The van der Waals surface area contributed by atoms with E-state index in [-0.39, 0.29) is 0 Å². The largest absolute Gasteiger partial charge is 0.211 e. The Kier molecular flexibility index (Phi) is 1.40. The van der Waals surface area contributed by atoms with Crippen LogP contribution in [0.25, 0.3) is 0 Å². The molecule has 0 N–H and O–H groups in total. The molecule has 0 radical (unpaired) electrons. The number of hydrogen-bond donors (Lipinski definition) is 0. The Balaban J connectivity index is 2.42. The minimum Gasteiger partial charge on any atom is -0.211 e. The van der Waals surface area contributed by atoms with E-state index >= 15 is 0 Å². The van der Waals surface area contributed by atoms with Crippen LogP contribution < -0.4 is 0 Å². The molecule has 1 heterocycles. The molecule has 1 nitrogen and oxygen atoms in total. The van der Waals surface area contributed by atoms with E-state index in [1.165, 1.54) is 11.1 Å². The van der Waals surface area contributed by atoms with Gasteiger partial charge >= 0.3 is 0 Å². The second-order valence-corrected chi connectivity index (χ2v) is 3.03. The van der Waals surface area contributed by atoms with Crippen LogP contribution in [0.1, 0.15) is 11.1 Å². The van der Waals surface area contributed by atoms with Crippen LogP contribution in [0.3, 0.4) is 0 Å². The van der Waals surface area contributed by atoms with Crippen molar-refractivity contribution in [2.24, 2.45) is 0 Å². The van der Waals surface area contributed by atoms with Crippen molar-refractivity contribution in [3.63, 3.8) is 0 Å². The van der Waals surface area contributed by atoms with Gasteiger partial charge in [-0.15, -0.1) is 0 Å². The van der Waals surface area contributed by atoms with Gasteiger partial charge in [0.25, 0.3) is 0 Å². The molecule has 0 amide bonds. The zero-order chi connectivity index (χ0) is 6.97. The summed E-state index contributed by atoms with van der Waals surface area (Å²) in [5.41, 5.74) is 2.72. The van der Waals surface area contributed by atoms with E-state index in [0.717, 1.165) is 13.1 Å². The first kappa shape index (κ1) is 6.20. The molecule has 0 aromatic heterocycles. The summed E-state index contributed by atoms with van der Waals surface area (Å²) in [7, 11) is 0. The summed E-state index contributed by atoms with van der Waals surface area (Å²) in [6.07, 6.45) is 0. The van der Waals surface area contributed by atoms with Crippen LogP contribution >= 0.6 is 11.8 Å². The lowest BCUT2D eigenvalue weighted by atomic mass is 10.1. The van der Waals surface area contributed by atoms with Crippen molar-refractivity contribution in [1.29, 1.82) is 0 Å². The van der Waals surface area contributed by atoms with Crippen LogP contribution in [0.2, 0.25) is 0 Å². The number of hydrogen-bond acceptors (Lipinski definition) is 1. The molecule has 2 rings (SSSR count). The molecule has 1 aromatic carbocycles. The lowest BCUT2D eigenvalue weighted by molar-refractivity contribution is 0.490. The van der Waals surface area contributed by atoms with Gasteiger partial charge in [-0.2, -0.15) is 0 Å². The lowest BCUT2D eigenvalue weighted by Crippen LogP contribution is -1.98.